The molecule has 0 aliphatic rings. The molecule has 0 radical (unpaired) electrons. The summed E-state index contributed by atoms with van der Waals surface area (Å²) >= 11 is 3.56. The van der Waals surface area contributed by atoms with Crippen molar-refractivity contribution in [2.45, 2.75) is 13.8 Å². The van der Waals surface area contributed by atoms with E-state index in [1.807, 2.05) is 0 Å². The summed E-state index contributed by atoms with van der Waals surface area (Å²) < 4.78 is 11.5. The molecule has 0 amide bonds. The molecule has 0 bridgehead atoms. The molecule has 0 fully saturated rings. The van der Waals surface area contributed by atoms with Crippen LogP contribution in [0.1, 0.15) is 11.1 Å². The van der Waals surface area contributed by atoms with Gasteiger partial charge in [0.1, 0.15) is 0 Å². The van der Waals surface area contributed by atoms with E-state index in [0.717, 1.165) is 12.2 Å². The number of benzene rings is 1. The average molecular weight is 302 g/mol. The van der Waals surface area contributed by atoms with Crippen LogP contribution in [-0.2, 0) is 9.47 Å². The third-order valence-electron chi connectivity index (χ3n) is 2.44. The molecule has 3 nitrogen and oxygen atoms in total. The normalized spacial score (nSPS) is 10.6. The van der Waals surface area contributed by atoms with Crippen molar-refractivity contribution in [2.24, 2.45) is 0 Å². The van der Waals surface area contributed by atoms with Gasteiger partial charge in [0.25, 0.3) is 0 Å². The Bertz CT molecular complexity index is 332. The van der Waals surface area contributed by atoms with Crippen molar-refractivity contribution < 1.29 is 9.47 Å². The number of anilines is 1. The number of aryl methyl sites for hydroxylation is 2. The lowest BCUT2D eigenvalue weighted by atomic mass is 10.1. The Kier molecular flexibility index (Phi) is 6.55. The number of rotatable bonds is 7. The Morgan fingerprint density at radius 1 is 1.12 bits per heavy atom. The predicted molar refractivity (Wildman–Crippen MR) is 74.8 cm³/mol. The summed E-state index contributed by atoms with van der Waals surface area (Å²) in [5.74, 6) is 0. The van der Waals surface area contributed by atoms with Crippen LogP contribution >= 0.6 is 15.9 Å². The van der Waals surface area contributed by atoms with Gasteiger partial charge in [0, 0.05) is 23.8 Å². The fraction of sp³-hybridized carbons (Fsp3) is 0.538. The highest BCUT2D eigenvalue weighted by atomic mass is 79.9. The average Bonchev–Trinajstić information content (AvgIpc) is 2.30. The quantitative estimate of drug-likeness (QED) is 0.785. The molecule has 96 valence electrons. The third kappa shape index (κ3) is 5.06. The summed E-state index contributed by atoms with van der Waals surface area (Å²) in [5.41, 5.74) is 3.62. The van der Waals surface area contributed by atoms with Crippen molar-refractivity contribution in [3.8, 4) is 0 Å². The Labute approximate surface area is 112 Å². The predicted octanol–water partition coefficient (Wildman–Crippen LogP) is 3.14. The van der Waals surface area contributed by atoms with Crippen molar-refractivity contribution in [3.05, 3.63) is 27.7 Å². The van der Waals surface area contributed by atoms with E-state index in [2.05, 4.69) is 47.2 Å². The fourth-order valence-electron chi connectivity index (χ4n) is 1.56. The maximum absolute atomic E-state index is 5.38. The van der Waals surface area contributed by atoms with Gasteiger partial charge in [-0.3, -0.25) is 0 Å². The van der Waals surface area contributed by atoms with E-state index in [4.69, 9.17) is 9.47 Å². The monoisotopic (exact) mass is 301 g/mol. The largest absolute Gasteiger partial charge is 0.383 e. The van der Waals surface area contributed by atoms with Crippen LogP contribution in [0.15, 0.2) is 16.6 Å². The van der Waals surface area contributed by atoms with Crippen molar-refractivity contribution in [2.75, 3.05) is 38.8 Å². The van der Waals surface area contributed by atoms with E-state index in [0.29, 0.717) is 19.8 Å². The lowest BCUT2D eigenvalue weighted by Crippen LogP contribution is -2.12. The summed E-state index contributed by atoms with van der Waals surface area (Å²) in [5, 5.41) is 3.34. The van der Waals surface area contributed by atoms with Crippen LogP contribution < -0.4 is 5.32 Å². The SMILES string of the molecule is COCCOCCNc1cc(C)c(Br)c(C)c1. The van der Waals surface area contributed by atoms with Crippen molar-refractivity contribution in [1.29, 1.82) is 0 Å². The fourth-order valence-corrected chi connectivity index (χ4v) is 1.79. The van der Waals surface area contributed by atoms with Gasteiger partial charge in [-0.2, -0.15) is 0 Å². The standard InChI is InChI=1S/C13H20BrNO2/c1-10-8-12(9-11(2)13(10)14)15-4-5-17-7-6-16-3/h8-9,15H,4-7H2,1-3H3. The second kappa shape index (κ2) is 7.69. The number of hydrogen-bond donors (Lipinski definition) is 1. The van der Waals surface area contributed by atoms with Crippen LogP contribution in [0.25, 0.3) is 0 Å². The van der Waals surface area contributed by atoms with Crippen LogP contribution in [0.4, 0.5) is 5.69 Å². The van der Waals surface area contributed by atoms with Gasteiger partial charge < -0.3 is 14.8 Å². The van der Waals surface area contributed by atoms with Gasteiger partial charge in [0.15, 0.2) is 0 Å². The Morgan fingerprint density at radius 2 is 1.76 bits per heavy atom. The molecule has 1 aromatic carbocycles. The highest BCUT2D eigenvalue weighted by Gasteiger charge is 2.01. The molecule has 0 aromatic heterocycles. The topological polar surface area (TPSA) is 30.5 Å². The molecular formula is C13H20BrNO2. The third-order valence-corrected chi connectivity index (χ3v) is 3.69. The van der Waals surface area contributed by atoms with Gasteiger partial charge in [-0.25, -0.2) is 0 Å². The second-order valence-corrected chi connectivity index (χ2v) is 4.75. The summed E-state index contributed by atoms with van der Waals surface area (Å²) in [6.45, 7) is 6.99. The zero-order valence-electron chi connectivity index (χ0n) is 10.7. The van der Waals surface area contributed by atoms with Gasteiger partial charge in [0.05, 0.1) is 19.8 Å². The van der Waals surface area contributed by atoms with Crippen molar-refractivity contribution in [1.82, 2.24) is 0 Å². The van der Waals surface area contributed by atoms with Crippen molar-refractivity contribution in [3.63, 3.8) is 0 Å². The summed E-state index contributed by atoms with van der Waals surface area (Å²) in [7, 11) is 1.68. The first-order valence-corrected chi connectivity index (χ1v) is 6.51. The van der Waals surface area contributed by atoms with Crippen LogP contribution in [-0.4, -0.2) is 33.5 Å². The van der Waals surface area contributed by atoms with E-state index in [-0.39, 0.29) is 0 Å². The summed E-state index contributed by atoms with van der Waals surface area (Å²) in [6.07, 6.45) is 0. The molecule has 0 unspecified atom stereocenters. The lowest BCUT2D eigenvalue weighted by Gasteiger charge is -2.10. The van der Waals surface area contributed by atoms with Gasteiger partial charge in [-0.15, -0.1) is 0 Å². The first-order chi connectivity index (χ1) is 8.15. The van der Waals surface area contributed by atoms with E-state index < -0.39 is 0 Å². The van der Waals surface area contributed by atoms with Gasteiger partial charge >= 0.3 is 0 Å². The molecular weight excluding hydrogens is 282 g/mol. The minimum Gasteiger partial charge on any atom is -0.383 e. The Balaban J connectivity index is 2.32. The second-order valence-electron chi connectivity index (χ2n) is 3.96. The molecule has 0 atom stereocenters. The zero-order chi connectivity index (χ0) is 12.7. The minimum absolute atomic E-state index is 0.649. The molecule has 17 heavy (non-hydrogen) atoms. The van der Waals surface area contributed by atoms with Crippen LogP contribution in [0.3, 0.4) is 0 Å². The van der Waals surface area contributed by atoms with Crippen LogP contribution in [0, 0.1) is 13.8 Å². The first kappa shape index (κ1) is 14.5. The highest BCUT2D eigenvalue weighted by molar-refractivity contribution is 9.10. The van der Waals surface area contributed by atoms with Gasteiger partial charge in [-0.1, -0.05) is 15.9 Å². The highest BCUT2D eigenvalue weighted by Crippen LogP contribution is 2.24. The zero-order valence-corrected chi connectivity index (χ0v) is 12.3. The first-order valence-electron chi connectivity index (χ1n) is 5.72. The molecule has 4 heteroatoms. The molecule has 0 heterocycles. The van der Waals surface area contributed by atoms with Gasteiger partial charge in [-0.05, 0) is 37.1 Å². The van der Waals surface area contributed by atoms with E-state index in [9.17, 15) is 0 Å². The number of ether oxygens (including phenoxy) is 2. The maximum Gasteiger partial charge on any atom is 0.0701 e. The Hall–Kier alpha value is -0.580. The molecule has 0 aliphatic carbocycles. The molecule has 0 saturated heterocycles. The van der Waals surface area contributed by atoms with E-state index >= 15 is 0 Å². The van der Waals surface area contributed by atoms with Crippen LogP contribution in [0.5, 0.6) is 0 Å². The number of hydrogen-bond acceptors (Lipinski definition) is 3. The number of nitrogens with one attached hydrogen (secondary N) is 1. The van der Waals surface area contributed by atoms with E-state index in [1.54, 1.807) is 7.11 Å². The Morgan fingerprint density at radius 3 is 2.35 bits per heavy atom. The summed E-state index contributed by atoms with van der Waals surface area (Å²) in [4.78, 5) is 0. The molecule has 1 N–H and O–H groups in total. The van der Waals surface area contributed by atoms with Gasteiger partial charge in [0.2, 0.25) is 0 Å². The summed E-state index contributed by atoms with van der Waals surface area (Å²) in [6, 6.07) is 4.26. The molecule has 1 rings (SSSR count). The lowest BCUT2D eigenvalue weighted by molar-refractivity contribution is 0.0759. The van der Waals surface area contributed by atoms with E-state index in [1.165, 1.54) is 15.6 Å². The van der Waals surface area contributed by atoms with Crippen molar-refractivity contribution >= 4 is 21.6 Å². The maximum atomic E-state index is 5.38. The number of halogens is 1. The van der Waals surface area contributed by atoms with Crippen LogP contribution in [0.2, 0.25) is 0 Å². The minimum atomic E-state index is 0.649. The molecule has 0 aliphatic heterocycles. The molecule has 0 spiro atoms. The molecule has 1 aromatic rings. The smallest absolute Gasteiger partial charge is 0.0701 e. The number of methoxy groups -OCH3 is 1. The molecule has 0 saturated carbocycles.